The molecule has 1 amide bonds. The van der Waals surface area contributed by atoms with Crippen molar-refractivity contribution in [2.24, 2.45) is 0 Å². The van der Waals surface area contributed by atoms with Crippen molar-refractivity contribution in [3.05, 3.63) is 69.3 Å². The van der Waals surface area contributed by atoms with Gasteiger partial charge in [0.15, 0.2) is 11.6 Å². The molecular weight excluding hydrogens is 375 g/mol. The predicted octanol–water partition coefficient (Wildman–Crippen LogP) is 4.78. The first-order valence-corrected chi connectivity index (χ1v) is 9.78. The number of thiazole rings is 1. The van der Waals surface area contributed by atoms with Crippen molar-refractivity contribution in [3.8, 4) is 17.0 Å². The maximum absolute atomic E-state index is 13.9. The Labute approximate surface area is 168 Å². The molecule has 3 aromatic rings. The number of hydrogen-bond donors (Lipinski definition) is 0. The standard InChI is InChI=1S/C22H23FN2O2S/c1-14-5-8-17(9-6-14)22-20(28-15(2)24-22)12-21(26)25(3)13-16-7-10-19(27-4)18(23)11-16/h5-11H,12-13H2,1-4H3. The van der Waals surface area contributed by atoms with Gasteiger partial charge in [0.25, 0.3) is 0 Å². The largest absolute Gasteiger partial charge is 0.494 e. The number of methoxy groups -OCH3 is 1. The first-order valence-electron chi connectivity index (χ1n) is 8.97. The molecule has 0 unspecified atom stereocenters. The zero-order valence-electron chi connectivity index (χ0n) is 16.5. The van der Waals surface area contributed by atoms with E-state index in [0.717, 1.165) is 21.1 Å². The van der Waals surface area contributed by atoms with E-state index in [1.165, 1.54) is 30.1 Å². The number of amides is 1. The van der Waals surface area contributed by atoms with Crippen LogP contribution in [0.3, 0.4) is 0 Å². The van der Waals surface area contributed by atoms with Crippen molar-refractivity contribution >= 4 is 17.2 Å². The topological polar surface area (TPSA) is 42.4 Å². The molecule has 4 nitrogen and oxygen atoms in total. The molecule has 3 rings (SSSR count). The first kappa shape index (κ1) is 20.0. The highest BCUT2D eigenvalue weighted by Crippen LogP contribution is 2.29. The molecule has 0 bridgehead atoms. The fourth-order valence-corrected chi connectivity index (χ4v) is 3.92. The Morgan fingerprint density at radius 3 is 2.54 bits per heavy atom. The predicted molar refractivity (Wildman–Crippen MR) is 110 cm³/mol. The molecule has 146 valence electrons. The maximum Gasteiger partial charge on any atom is 0.227 e. The molecule has 1 heterocycles. The van der Waals surface area contributed by atoms with E-state index in [0.29, 0.717) is 12.1 Å². The van der Waals surface area contributed by atoms with E-state index in [-0.39, 0.29) is 18.1 Å². The second-order valence-electron chi connectivity index (χ2n) is 6.77. The third-order valence-electron chi connectivity index (χ3n) is 4.50. The summed E-state index contributed by atoms with van der Waals surface area (Å²) >= 11 is 1.54. The van der Waals surface area contributed by atoms with Crippen molar-refractivity contribution in [3.63, 3.8) is 0 Å². The molecule has 0 saturated heterocycles. The number of halogens is 1. The molecule has 0 aliphatic rings. The van der Waals surface area contributed by atoms with E-state index in [1.807, 2.05) is 38.1 Å². The minimum atomic E-state index is -0.430. The quantitative estimate of drug-likeness (QED) is 0.600. The molecule has 6 heteroatoms. The van der Waals surface area contributed by atoms with Crippen molar-refractivity contribution in [1.82, 2.24) is 9.88 Å². The van der Waals surface area contributed by atoms with Gasteiger partial charge in [-0.3, -0.25) is 4.79 Å². The third-order valence-corrected chi connectivity index (χ3v) is 5.47. The van der Waals surface area contributed by atoms with Crippen LogP contribution < -0.4 is 4.74 Å². The minimum absolute atomic E-state index is 0.0340. The van der Waals surface area contributed by atoms with Crippen LogP contribution >= 0.6 is 11.3 Å². The number of ether oxygens (including phenoxy) is 1. The Bertz CT molecular complexity index is 983. The Morgan fingerprint density at radius 1 is 1.18 bits per heavy atom. The summed E-state index contributed by atoms with van der Waals surface area (Å²) in [5.41, 5.74) is 3.77. The fraction of sp³-hybridized carbons (Fsp3) is 0.273. The van der Waals surface area contributed by atoms with E-state index < -0.39 is 5.82 Å². The van der Waals surface area contributed by atoms with Crippen LogP contribution in [-0.4, -0.2) is 29.9 Å². The zero-order valence-corrected chi connectivity index (χ0v) is 17.3. The summed E-state index contributed by atoms with van der Waals surface area (Å²) in [6, 6.07) is 12.9. The Morgan fingerprint density at radius 2 is 1.89 bits per heavy atom. The summed E-state index contributed by atoms with van der Waals surface area (Å²) in [5.74, 6) is -0.269. The molecule has 0 radical (unpaired) electrons. The summed E-state index contributed by atoms with van der Waals surface area (Å²) < 4.78 is 18.8. The second-order valence-corrected chi connectivity index (χ2v) is 8.05. The normalized spacial score (nSPS) is 10.8. The van der Waals surface area contributed by atoms with Gasteiger partial charge < -0.3 is 9.64 Å². The average Bonchev–Trinajstić information content (AvgIpc) is 3.02. The molecule has 0 spiro atoms. The minimum Gasteiger partial charge on any atom is -0.494 e. The Hall–Kier alpha value is -2.73. The summed E-state index contributed by atoms with van der Waals surface area (Å²) in [5, 5.41) is 0.929. The molecule has 28 heavy (non-hydrogen) atoms. The zero-order chi connectivity index (χ0) is 20.3. The number of rotatable bonds is 6. The second kappa shape index (κ2) is 8.52. The van der Waals surface area contributed by atoms with E-state index in [1.54, 1.807) is 24.1 Å². The molecule has 0 fully saturated rings. The number of nitrogens with zero attached hydrogens (tertiary/aromatic N) is 2. The van der Waals surface area contributed by atoms with Crippen LogP contribution in [0, 0.1) is 19.7 Å². The van der Waals surface area contributed by atoms with Gasteiger partial charge in [-0.15, -0.1) is 11.3 Å². The average molecular weight is 399 g/mol. The number of benzene rings is 2. The summed E-state index contributed by atoms with van der Waals surface area (Å²) in [6.07, 6.45) is 0.268. The van der Waals surface area contributed by atoms with Crippen LogP contribution in [0.4, 0.5) is 4.39 Å². The monoisotopic (exact) mass is 398 g/mol. The highest BCUT2D eigenvalue weighted by molar-refractivity contribution is 7.12. The Balaban J connectivity index is 1.74. The smallest absolute Gasteiger partial charge is 0.227 e. The van der Waals surface area contributed by atoms with Crippen molar-refractivity contribution in [2.75, 3.05) is 14.2 Å². The fourth-order valence-electron chi connectivity index (χ4n) is 2.97. The van der Waals surface area contributed by atoms with Gasteiger partial charge in [-0.25, -0.2) is 9.37 Å². The van der Waals surface area contributed by atoms with Crippen LogP contribution in [0.15, 0.2) is 42.5 Å². The lowest BCUT2D eigenvalue weighted by molar-refractivity contribution is -0.129. The van der Waals surface area contributed by atoms with Crippen LogP contribution in [0.25, 0.3) is 11.3 Å². The number of carbonyl (C=O) groups excluding carboxylic acids is 1. The van der Waals surface area contributed by atoms with Crippen molar-refractivity contribution in [1.29, 1.82) is 0 Å². The highest BCUT2D eigenvalue weighted by atomic mass is 32.1. The van der Waals surface area contributed by atoms with Crippen LogP contribution in [0.1, 0.15) is 21.0 Å². The summed E-state index contributed by atoms with van der Waals surface area (Å²) in [4.78, 5) is 19.9. The van der Waals surface area contributed by atoms with Crippen LogP contribution in [0.5, 0.6) is 5.75 Å². The molecule has 0 saturated carbocycles. The number of aryl methyl sites for hydroxylation is 2. The lowest BCUT2D eigenvalue weighted by atomic mass is 10.1. The summed E-state index contributed by atoms with van der Waals surface area (Å²) in [6.45, 7) is 4.31. The lowest BCUT2D eigenvalue weighted by Crippen LogP contribution is -2.27. The molecule has 0 aliphatic heterocycles. The van der Waals surface area contributed by atoms with E-state index in [2.05, 4.69) is 4.98 Å². The number of hydrogen-bond acceptors (Lipinski definition) is 4. The van der Waals surface area contributed by atoms with Gasteiger partial charge in [0, 0.05) is 24.0 Å². The van der Waals surface area contributed by atoms with Gasteiger partial charge in [-0.1, -0.05) is 35.9 Å². The molecule has 0 atom stereocenters. The van der Waals surface area contributed by atoms with Gasteiger partial charge >= 0.3 is 0 Å². The molecule has 0 aliphatic carbocycles. The first-order chi connectivity index (χ1) is 13.4. The molecule has 2 aromatic carbocycles. The maximum atomic E-state index is 13.9. The highest BCUT2D eigenvalue weighted by Gasteiger charge is 2.18. The van der Waals surface area contributed by atoms with Gasteiger partial charge in [0.1, 0.15) is 0 Å². The van der Waals surface area contributed by atoms with E-state index >= 15 is 0 Å². The number of likely N-dealkylation sites (N-methyl/N-ethyl adjacent to an activating group) is 1. The van der Waals surface area contributed by atoms with Crippen molar-refractivity contribution in [2.45, 2.75) is 26.8 Å². The molecular formula is C22H23FN2O2S. The lowest BCUT2D eigenvalue weighted by Gasteiger charge is -2.17. The molecule has 1 aromatic heterocycles. The van der Waals surface area contributed by atoms with Gasteiger partial charge in [0.2, 0.25) is 5.91 Å². The third kappa shape index (κ3) is 4.57. The van der Waals surface area contributed by atoms with E-state index in [4.69, 9.17) is 4.74 Å². The summed E-state index contributed by atoms with van der Waals surface area (Å²) in [7, 11) is 3.15. The van der Waals surface area contributed by atoms with Crippen LogP contribution in [0.2, 0.25) is 0 Å². The van der Waals surface area contributed by atoms with E-state index in [9.17, 15) is 9.18 Å². The van der Waals surface area contributed by atoms with Crippen LogP contribution in [-0.2, 0) is 17.8 Å². The number of carbonyl (C=O) groups is 1. The van der Waals surface area contributed by atoms with Crippen molar-refractivity contribution < 1.29 is 13.9 Å². The van der Waals surface area contributed by atoms with Gasteiger partial charge in [0.05, 0.1) is 24.2 Å². The number of aromatic nitrogens is 1. The Kier molecular flexibility index (Phi) is 6.09. The SMILES string of the molecule is COc1ccc(CN(C)C(=O)Cc2sc(C)nc2-c2ccc(C)cc2)cc1F. The van der Waals surface area contributed by atoms with Gasteiger partial charge in [-0.05, 0) is 31.5 Å². The van der Waals surface area contributed by atoms with Gasteiger partial charge in [-0.2, -0.15) is 0 Å². The molecule has 0 N–H and O–H groups in total.